The molecular formula is C14H15F3N4O2. The van der Waals surface area contributed by atoms with Gasteiger partial charge in [-0.05, 0) is 26.2 Å². The van der Waals surface area contributed by atoms with Crippen LogP contribution in [0.5, 0.6) is 0 Å². The first kappa shape index (κ1) is 15.9. The van der Waals surface area contributed by atoms with Gasteiger partial charge in [0.05, 0.1) is 0 Å². The molecule has 1 aliphatic carbocycles. The van der Waals surface area contributed by atoms with Crippen LogP contribution >= 0.6 is 0 Å². The Bertz CT molecular complexity index is 715. The summed E-state index contributed by atoms with van der Waals surface area (Å²) < 4.78 is 49.8. The maximum absolute atomic E-state index is 13.2. The van der Waals surface area contributed by atoms with Crippen molar-refractivity contribution in [2.24, 2.45) is 0 Å². The highest BCUT2D eigenvalue weighted by atomic mass is 19.4. The van der Waals surface area contributed by atoms with E-state index >= 15 is 0 Å². The average molecular weight is 328 g/mol. The third kappa shape index (κ3) is 3.19. The molecule has 2 heterocycles. The van der Waals surface area contributed by atoms with Gasteiger partial charge in [-0.15, -0.1) is 0 Å². The van der Waals surface area contributed by atoms with Crippen molar-refractivity contribution in [1.29, 1.82) is 0 Å². The van der Waals surface area contributed by atoms with Crippen molar-refractivity contribution in [3.05, 3.63) is 34.5 Å². The van der Waals surface area contributed by atoms with Crippen molar-refractivity contribution >= 4 is 0 Å². The van der Waals surface area contributed by atoms with Gasteiger partial charge in [-0.25, -0.2) is 9.97 Å². The second kappa shape index (κ2) is 5.88. The summed E-state index contributed by atoms with van der Waals surface area (Å²) in [4.78, 5) is 11.9. The number of hydrogen-bond donors (Lipinski definition) is 0. The number of methoxy groups -OCH3 is 1. The minimum atomic E-state index is -4.50. The summed E-state index contributed by atoms with van der Waals surface area (Å²) in [5, 5.41) is 3.76. The molecule has 0 N–H and O–H groups in total. The van der Waals surface area contributed by atoms with Crippen LogP contribution in [0.1, 0.15) is 46.8 Å². The highest BCUT2D eigenvalue weighted by molar-refractivity contribution is 5.32. The van der Waals surface area contributed by atoms with E-state index in [0.717, 1.165) is 0 Å². The maximum Gasteiger partial charge on any atom is 0.433 e. The lowest BCUT2D eigenvalue weighted by molar-refractivity contribution is -0.142. The van der Waals surface area contributed by atoms with Gasteiger partial charge in [0.1, 0.15) is 12.4 Å². The Kier molecular flexibility index (Phi) is 4.05. The molecule has 0 saturated carbocycles. The second-order valence-corrected chi connectivity index (χ2v) is 5.46. The first-order valence-corrected chi connectivity index (χ1v) is 7.13. The standard InChI is InChI=1S/C14H15F3N4O2/c1-7-18-10-4-3-8(13-20-11(6-22-2)21-23-13)5-9(10)12(19-7)14(15,16)17/h8H,3-6H2,1-2H3/t8-/m1/s1. The molecule has 0 bridgehead atoms. The molecule has 23 heavy (non-hydrogen) atoms. The predicted molar refractivity (Wildman–Crippen MR) is 71.5 cm³/mol. The van der Waals surface area contributed by atoms with E-state index in [4.69, 9.17) is 9.26 Å². The molecule has 0 aromatic carbocycles. The van der Waals surface area contributed by atoms with Crippen molar-refractivity contribution in [3.8, 4) is 0 Å². The van der Waals surface area contributed by atoms with Crippen LogP contribution in [0, 0.1) is 6.92 Å². The Morgan fingerprint density at radius 2 is 2.04 bits per heavy atom. The lowest BCUT2D eigenvalue weighted by atomic mass is 9.85. The van der Waals surface area contributed by atoms with Crippen molar-refractivity contribution in [1.82, 2.24) is 20.1 Å². The van der Waals surface area contributed by atoms with Gasteiger partial charge in [0, 0.05) is 24.3 Å². The molecule has 0 spiro atoms. The number of nitrogens with zero attached hydrogens (tertiary/aromatic N) is 4. The smallest absolute Gasteiger partial charge is 0.377 e. The van der Waals surface area contributed by atoms with E-state index in [1.54, 1.807) is 0 Å². The summed E-state index contributed by atoms with van der Waals surface area (Å²) in [6.07, 6.45) is -3.33. The number of hydrogen-bond acceptors (Lipinski definition) is 6. The molecule has 3 rings (SSSR count). The quantitative estimate of drug-likeness (QED) is 0.862. The van der Waals surface area contributed by atoms with Crippen LogP contribution in [0.4, 0.5) is 13.2 Å². The van der Waals surface area contributed by atoms with Gasteiger partial charge in [0.2, 0.25) is 5.89 Å². The van der Waals surface area contributed by atoms with Gasteiger partial charge in [-0.1, -0.05) is 5.16 Å². The minimum absolute atomic E-state index is 0.130. The van der Waals surface area contributed by atoms with Crippen LogP contribution in [-0.4, -0.2) is 27.2 Å². The number of halogens is 3. The number of ether oxygens (including phenoxy) is 1. The molecule has 2 aromatic heterocycles. The second-order valence-electron chi connectivity index (χ2n) is 5.46. The summed E-state index contributed by atoms with van der Waals surface area (Å²) in [7, 11) is 1.50. The first-order chi connectivity index (χ1) is 10.9. The Morgan fingerprint density at radius 1 is 1.26 bits per heavy atom. The first-order valence-electron chi connectivity index (χ1n) is 7.13. The number of fused-ring (bicyclic) bond motifs is 1. The van der Waals surface area contributed by atoms with Gasteiger partial charge in [0.25, 0.3) is 0 Å². The largest absolute Gasteiger partial charge is 0.433 e. The van der Waals surface area contributed by atoms with Crippen LogP contribution in [0.15, 0.2) is 4.52 Å². The van der Waals surface area contributed by atoms with E-state index < -0.39 is 11.9 Å². The van der Waals surface area contributed by atoms with Gasteiger partial charge >= 0.3 is 6.18 Å². The number of aryl methyl sites for hydroxylation is 2. The molecule has 0 fully saturated rings. The normalized spacial score (nSPS) is 18.0. The third-order valence-electron chi connectivity index (χ3n) is 3.76. The zero-order valence-corrected chi connectivity index (χ0v) is 12.6. The predicted octanol–water partition coefficient (Wildman–Crippen LogP) is 2.61. The third-order valence-corrected chi connectivity index (χ3v) is 3.76. The molecular weight excluding hydrogens is 313 g/mol. The summed E-state index contributed by atoms with van der Waals surface area (Å²) in [5.41, 5.74) is -0.273. The number of rotatable bonds is 3. The summed E-state index contributed by atoms with van der Waals surface area (Å²) in [6.45, 7) is 1.67. The molecule has 9 heteroatoms. The van der Waals surface area contributed by atoms with E-state index in [0.29, 0.717) is 30.3 Å². The molecule has 6 nitrogen and oxygen atoms in total. The van der Waals surface area contributed by atoms with E-state index in [-0.39, 0.29) is 30.3 Å². The maximum atomic E-state index is 13.2. The van der Waals surface area contributed by atoms with Crippen molar-refractivity contribution in [2.75, 3.05) is 7.11 Å². The monoisotopic (exact) mass is 328 g/mol. The summed E-state index contributed by atoms with van der Waals surface area (Å²) >= 11 is 0. The minimum Gasteiger partial charge on any atom is -0.377 e. The number of aromatic nitrogens is 4. The molecule has 1 aliphatic rings. The molecule has 0 amide bonds. The summed E-state index contributed by atoms with van der Waals surface area (Å²) in [5.74, 6) is 0.573. The van der Waals surface area contributed by atoms with E-state index in [9.17, 15) is 13.2 Å². The van der Waals surface area contributed by atoms with Crippen molar-refractivity contribution in [3.63, 3.8) is 0 Å². The molecule has 0 unspecified atom stereocenters. The summed E-state index contributed by atoms with van der Waals surface area (Å²) in [6, 6.07) is 0. The molecule has 1 atom stereocenters. The zero-order valence-electron chi connectivity index (χ0n) is 12.6. The van der Waals surface area contributed by atoms with Gasteiger partial charge in [0.15, 0.2) is 11.5 Å². The van der Waals surface area contributed by atoms with Gasteiger partial charge in [-0.3, -0.25) is 0 Å². The van der Waals surface area contributed by atoms with Crippen molar-refractivity contribution in [2.45, 2.75) is 44.9 Å². The molecule has 124 valence electrons. The highest BCUT2D eigenvalue weighted by Gasteiger charge is 2.39. The van der Waals surface area contributed by atoms with Crippen molar-refractivity contribution < 1.29 is 22.4 Å². The van der Waals surface area contributed by atoms with Gasteiger partial charge < -0.3 is 9.26 Å². The van der Waals surface area contributed by atoms with Crippen LogP contribution in [-0.2, 0) is 30.4 Å². The molecule has 0 aliphatic heterocycles. The van der Waals surface area contributed by atoms with E-state index in [2.05, 4.69) is 20.1 Å². The SMILES string of the molecule is COCc1noc([C@@H]2CCc3nc(C)nc(C(F)(F)F)c3C2)n1. The Morgan fingerprint density at radius 3 is 2.74 bits per heavy atom. The Hall–Kier alpha value is -2.03. The molecule has 2 aromatic rings. The van der Waals surface area contributed by atoms with E-state index in [1.807, 2.05) is 0 Å². The lowest BCUT2D eigenvalue weighted by Gasteiger charge is -2.24. The fourth-order valence-corrected chi connectivity index (χ4v) is 2.80. The topological polar surface area (TPSA) is 73.9 Å². The van der Waals surface area contributed by atoms with Crippen LogP contribution in [0.3, 0.4) is 0 Å². The highest BCUT2D eigenvalue weighted by Crippen LogP contribution is 2.38. The Balaban J connectivity index is 1.93. The lowest BCUT2D eigenvalue weighted by Crippen LogP contribution is -2.22. The fourth-order valence-electron chi connectivity index (χ4n) is 2.80. The van der Waals surface area contributed by atoms with Crippen LogP contribution in [0.2, 0.25) is 0 Å². The van der Waals surface area contributed by atoms with Crippen LogP contribution in [0.25, 0.3) is 0 Å². The molecule has 0 saturated heterocycles. The zero-order chi connectivity index (χ0) is 16.6. The molecule has 0 radical (unpaired) electrons. The average Bonchev–Trinajstić information content (AvgIpc) is 2.94. The van der Waals surface area contributed by atoms with E-state index in [1.165, 1.54) is 14.0 Å². The number of alkyl halides is 3. The fraction of sp³-hybridized carbons (Fsp3) is 0.571. The van der Waals surface area contributed by atoms with Crippen LogP contribution < -0.4 is 0 Å². The van der Waals surface area contributed by atoms with Gasteiger partial charge in [-0.2, -0.15) is 18.2 Å². The Labute approximate surface area is 130 Å².